The van der Waals surface area contributed by atoms with E-state index in [1.807, 2.05) is 12.1 Å². The van der Waals surface area contributed by atoms with E-state index in [0.29, 0.717) is 4.90 Å². The van der Waals surface area contributed by atoms with Crippen LogP contribution in [-0.2, 0) is 9.84 Å². The topological polar surface area (TPSA) is 49.4 Å². The quantitative estimate of drug-likeness (QED) is 0.919. The summed E-state index contributed by atoms with van der Waals surface area (Å²) in [5.74, 6) is 0. The van der Waals surface area contributed by atoms with Gasteiger partial charge in [-0.25, -0.2) is 18.9 Å². The molecule has 1 aliphatic rings. The Morgan fingerprint density at radius 1 is 1.11 bits per heavy atom. The maximum atomic E-state index is 11.4. The predicted molar refractivity (Wildman–Crippen MR) is 76.5 cm³/mol. The van der Waals surface area contributed by atoms with Crippen molar-refractivity contribution in [3.63, 3.8) is 0 Å². The Labute approximate surface area is 115 Å². The standard InChI is InChI=1S/C14H22N2O2S/c1-12(15-16-10-4-3-5-11-16)13-6-8-14(9-7-13)19(2,17)18/h6-9,12,15H,3-5,10-11H2,1-2H3. The van der Waals surface area contributed by atoms with Crippen molar-refractivity contribution >= 4 is 9.84 Å². The van der Waals surface area contributed by atoms with E-state index in [-0.39, 0.29) is 6.04 Å². The average Bonchev–Trinajstić information content (AvgIpc) is 2.39. The van der Waals surface area contributed by atoms with Crippen molar-refractivity contribution in [2.45, 2.75) is 37.1 Å². The second-order valence-corrected chi connectivity index (χ2v) is 7.26. The van der Waals surface area contributed by atoms with Crippen LogP contribution in [0.25, 0.3) is 0 Å². The Balaban J connectivity index is 2.01. The first-order valence-corrected chi connectivity index (χ1v) is 8.67. The summed E-state index contributed by atoms with van der Waals surface area (Å²) < 4.78 is 22.8. The minimum absolute atomic E-state index is 0.201. The predicted octanol–water partition coefficient (Wildman–Crippen LogP) is 2.14. The third-order valence-electron chi connectivity index (χ3n) is 3.54. The van der Waals surface area contributed by atoms with E-state index < -0.39 is 9.84 Å². The van der Waals surface area contributed by atoms with E-state index in [1.165, 1.54) is 25.5 Å². The van der Waals surface area contributed by atoms with Crippen LogP contribution < -0.4 is 5.43 Å². The van der Waals surface area contributed by atoms with Crippen LogP contribution in [0.5, 0.6) is 0 Å². The third kappa shape index (κ3) is 4.03. The first-order valence-electron chi connectivity index (χ1n) is 6.78. The summed E-state index contributed by atoms with van der Waals surface area (Å²) >= 11 is 0. The SMILES string of the molecule is CC(NN1CCCCC1)c1ccc(S(C)(=O)=O)cc1. The third-order valence-corrected chi connectivity index (χ3v) is 4.67. The molecule has 0 aliphatic carbocycles. The number of piperidine rings is 1. The van der Waals surface area contributed by atoms with Crippen molar-refractivity contribution in [3.05, 3.63) is 29.8 Å². The van der Waals surface area contributed by atoms with Crippen molar-refractivity contribution in [1.82, 2.24) is 10.4 Å². The van der Waals surface area contributed by atoms with E-state index in [1.54, 1.807) is 12.1 Å². The summed E-state index contributed by atoms with van der Waals surface area (Å²) in [6.45, 7) is 4.28. The van der Waals surface area contributed by atoms with Gasteiger partial charge < -0.3 is 0 Å². The Kier molecular flexibility index (Phi) is 4.60. The Morgan fingerprint density at radius 3 is 2.21 bits per heavy atom. The molecule has 4 nitrogen and oxygen atoms in total. The first-order chi connectivity index (χ1) is 8.97. The molecule has 1 aromatic rings. The molecule has 0 spiro atoms. The number of benzene rings is 1. The average molecular weight is 282 g/mol. The molecule has 0 bridgehead atoms. The number of rotatable bonds is 4. The van der Waals surface area contributed by atoms with Gasteiger partial charge in [0.2, 0.25) is 0 Å². The molecule has 0 amide bonds. The van der Waals surface area contributed by atoms with E-state index in [9.17, 15) is 8.42 Å². The zero-order valence-electron chi connectivity index (χ0n) is 11.6. The Hall–Kier alpha value is -0.910. The molecule has 1 saturated heterocycles. The van der Waals surface area contributed by atoms with Crippen LogP contribution in [0.15, 0.2) is 29.2 Å². The molecule has 19 heavy (non-hydrogen) atoms. The summed E-state index contributed by atoms with van der Waals surface area (Å²) in [5, 5.41) is 2.26. The number of sulfone groups is 1. The first kappa shape index (κ1) is 14.5. The van der Waals surface area contributed by atoms with Crippen LogP contribution in [0.3, 0.4) is 0 Å². The van der Waals surface area contributed by atoms with E-state index >= 15 is 0 Å². The fraction of sp³-hybridized carbons (Fsp3) is 0.571. The highest BCUT2D eigenvalue weighted by Crippen LogP contribution is 2.17. The summed E-state index contributed by atoms with van der Waals surface area (Å²) in [6.07, 6.45) is 5.03. The number of hydrogen-bond donors (Lipinski definition) is 1. The van der Waals surface area contributed by atoms with Gasteiger partial charge in [0.05, 0.1) is 4.90 Å². The molecule has 1 N–H and O–H groups in total. The van der Waals surface area contributed by atoms with E-state index in [0.717, 1.165) is 18.7 Å². The molecular formula is C14H22N2O2S. The lowest BCUT2D eigenvalue weighted by molar-refractivity contribution is 0.133. The highest BCUT2D eigenvalue weighted by Gasteiger charge is 2.14. The zero-order chi connectivity index (χ0) is 13.9. The molecule has 0 saturated carbocycles. The molecule has 1 aliphatic heterocycles. The Morgan fingerprint density at radius 2 is 1.68 bits per heavy atom. The molecule has 1 aromatic carbocycles. The van der Waals surface area contributed by atoms with Crippen molar-refractivity contribution in [2.75, 3.05) is 19.3 Å². The van der Waals surface area contributed by atoms with Crippen LogP contribution in [0.1, 0.15) is 37.8 Å². The molecule has 0 radical (unpaired) electrons. The lowest BCUT2D eigenvalue weighted by atomic mass is 10.1. The normalized spacial score (nSPS) is 19.3. The minimum Gasteiger partial charge on any atom is -0.248 e. The minimum atomic E-state index is -3.10. The summed E-state index contributed by atoms with van der Waals surface area (Å²) in [4.78, 5) is 0.376. The Bertz CT molecular complexity index is 505. The maximum absolute atomic E-state index is 11.4. The summed E-state index contributed by atoms with van der Waals surface area (Å²) in [6, 6.07) is 7.33. The van der Waals surface area contributed by atoms with Gasteiger partial charge in [-0.15, -0.1) is 0 Å². The molecule has 1 atom stereocenters. The van der Waals surface area contributed by atoms with Crippen molar-refractivity contribution in [1.29, 1.82) is 0 Å². The number of hydrazine groups is 1. The van der Waals surface area contributed by atoms with Crippen molar-refractivity contribution in [3.8, 4) is 0 Å². The summed E-state index contributed by atoms with van der Waals surface area (Å²) in [7, 11) is -3.10. The highest BCUT2D eigenvalue weighted by atomic mass is 32.2. The van der Waals surface area contributed by atoms with Crippen molar-refractivity contribution in [2.24, 2.45) is 0 Å². The van der Waals surface area contributed by atoms with Crippen molar-refractivity contribution < 1.29 is 8.42 Å². The molecule has 0 aromatic heterocycles. The molecule has 1 heterocycles. The smallest absolute Gasteiger partial charge is 0.175 e. The van der Waals surface area contributed by atoms with Crippen LogP contribution in [0.2, 0.25) is 0 Å². The molecule has 1 unspecified atom stereocenters. The number of hydrogen-bond acceptors (Lipinski definition) is 4. The summed E-state index contributed by atoms with van der Waals surface area (Å²) in [5.41, 5.74) is 4.59. The highest BCUT2D eigenvalue weighted by molar-refractivity contribution is 7.90. The monoisotopic (exact) mass is 282 g/mol. The van der Waals surface area contributed by atoms with Crippen LogP contribution in [0.4, 0.5) is 0 Å². The molecule has 1 fully saturated rings. The largest absolute Gasteiger partial charge is 0.248 e. The van der Waals surface area contributed by atoms with Gasteiger partial charge in [0.15, 0.2) is 9.84 Å². The van der Waals surface area contributed by atoms with Gasteiger partial charge in [-0.2, -0.15) is 0 Å². The molecule has 106 valence electrons. The van der Waals surface area contributed by atoms with Crippen LogP contribution in [-0.4, -0.2) is 32.8 Å². The molecular weight excluding hydrogens is 260 g/mol. The molecule has 2 rings (SSSR count). The second-order valence-electron chi connectivity index (χ2n) is 5.24. The maximum Gasteiger partial charge on any atom is 0.175 e. The number of nitrogens with zero attached hydrogens (tertiary/aromatic N) is 1. The zero-order valence-corrected chi connectivity index (χ0v) is 12.4. The van der Waals surface area contributed by atoms with Gasteiger partial charge in [0, 0.05) is 25.4 Å². The second kappa shape index (κ2) is 6.03. The lowest BCUT2D eigenvalue weighted by Crippen LogP contribution is -2.42. The van der Waals surface area contributed by atoms with Gasteiger partial charge in [-0.05, 0) is 37.5 Å². The van der Waals surface area contributed by atoms with Crippen LogP contribution >= 0.6 is 0 Å². The van der Waals surface area contributed by atoms with Gasteiger partial charge >= 0.3 is 0 Å². The fourth-order valence-corrected chi connectivity index (χ4v) is 3.01. The van der Waals surface area contributed by atoms with Gasteiger partial charge in [-0.3, -0.25) is 0 Å². The van der Waals surface area contributed by atoms with Gasteiger partial charge in [0.25, 0.3) is 0 Å². The fourth-order valence-electron chi connectivity index (χ4n) is 2.38. The van der Waals surface area contributed by atoms with E-state index in [4.69, 9.17) is 0 Å². The van der Waals surface area contributed by atoms with E-state index in [2.05, 4.69) is 17.4 Å². The van der Waals surface area contributed by atoms with Gasteiger partial charge in [-0.1, -0.05) is 18.6 Å². The van der Waals surface area contributed by atoms with Gasteiger partial charge in [0.1, 0.15) is 0 Å². The van der Waals surface area contributed by atoms with Crippen LogP contribution in [0, 0.1) is 0 Å². The molecule has 5 heteroatoms. The lowest BCUT2D eigenvalue weighted by Gasteiger charge is -2.30. The number of nitrogens with one attached hydrogen (secondary N) is 1.